The van der Waals surface area contributed by atoms with Crippen molar-refractivity contribution < 1.29 is 14.4 Å². The standard InChI is InChI=1S/C21H42N6O3/c1-22(2)19(28)16-25-10-7-12-26(17-20(29)23(3)4)14-9-15-27(13-8-11-25)18-21(30)24(5)6/h7-18H2,1-6H3. The van der Waals surface area contributed by atoms with Crippen molar-refractivity contribution in [3.8, 4) is 0 Å². The Balaban J connectivity index is 2.82. The lowest BCUT2D eigenvalue weighted by Crippen LogP contribution is -2.44. The maximum Gasteiger partial charge on any atom is 0.236 e. The van der Waals surface area contributed by atoms with Gasteiger partial charge in [-0.3, -0.25) is 29.1 Å². The van der Waals surface area contributed by atoms with E-state index >= 15 is 0 Å². The van der Waals surface area contributed by atoms with Crippen LogP contribution in [0.3, 0.4) is 0 Å². The first-order valence-electron chi connectivity index (χ1n) is 10.9. The lowest BCUT2D eigenvalue weighted by molar-refractivity contribution is -0.130. The Morgan fingerprint density at radius 3 is 0.867 bits per heavy atom. The fraction of sp³-hybridized carbons (Fsp3) is 0.857. The molecule has 0 atom stereocenters. The normalized spacial score (nSPS) is 18.2. The van der Waals surface area contributed by atoms with Gasteiger partial charge in [-0.25, -0.2) is 0 Å². The van der Waals surface area contributed by atoms with Crippen LogP contribution in [0.25, 0.3) is 0 Å². The van der Waals surface area contributed by atoms with E-state index in [4.69, 9.17) is 0 Å². The number of hydrogen-bond acceptors (Lipinski definition) is 6. The summed E-state index contributed by atoms with van der Waals surface area (Å²) in [6.07, 6.45) is 2.76. The summed E-state index contributed by atoms with van der Waals surface area (Å²) in [5.41, 5.74) is 0. The number of hydrogen-bond donors (Lipinski definition) is 0. The SMILES string of the molecule is CN(C)C(=O)CN1CCCN(CC(=O)N(C)C)CCCN(CC(=O)N(C)C)CCC1. The van der Waals surface area contributed by atoms with E-state index in [0.717, 1.165) is 58.5 Å². The number of likely N-dealkylation sites (N-methyl/N-ethyl adjacent to an activating group) is 3. The van der Waals surface area contributed by atoms with Gasteiger partial charge in [-0.1, -0.05) is 0 Å². The highest BCUT2D eigenvalue weighted by atomic mass is 16.2. The number of nitrogens with zero attached hydrogens (tertiary/aromatic N) is 6. The zero-order chi connectivity index (χ0) is 22.7. The number of carbonyl (C=O) groups is 3. The van der Waals surface area contributed by atoms with E-state index in [-0.39, 0.29) is 17.7 Å². The average Bonchev–Trinajstić information content (AvgIpc) is 2.65. The maximum absolute atomic E-state index is 12.2. The molecule has 0 N–H and O–H groups in total. The van der Waals surface area contributed by atoms with Gasteiger partial charge in [0.05, 0.1) is 19.6 Å². The molecule has 1 heterocycles. The third-order valence-corrected chi connectivity index (χ3v) is 5.42. The van der Waals surface area contributed by atoms with Crippen molar-refractivity contribution in [1.29, 1.82) is 0 Å². The molecule has 0 aromatic rings. The van der Waals surface area contributed by atoms with Gasteiger partial charge in [0.15, 0.2) is 0 Å². The number of amides is 3. The Kier molecular flexibility index (Phi) is 11.9. The molecule has 9 heteroatoms. The van der Waals surface area contributed by atoms with Gasteiger partial charge in [-0.2, -0.15) is 0 Å². The summed E-state index contributed by atoms with van der Waals surface area (Å²) >= 11 is 0. The molecule has 0 aliphatic carbocycles. The van der Waals surface area contributed by atoms with E-state index in [1.54, 1.807) is 57.0 Å². The van der Waals surface area contributed by atoms with Crippen LogP contribution < -0.4 is 0 Å². The summed E-state index contributed by atoms with van der Waals surface area (Å²) in [5, 5.41) is 0. The molecule has 174 valence electrons. The summed E-state index contributed by atoms with van der Waals surface area (Å²) < 4.78 is 0. The molecule has 3 amide bonds. The minimum atomic E-state index is 0.0985. The van der Waals surface area contributed by atoms with Crippen molar-refractivity contribution in [1.82, 2.24) is 29.4 Å². The first kappa shape index (κ1) is 26.3. The Labute approximate surface area is 182 Å². The van der Waals surface area contributed by atoms with Gasteiger partial charge in [0, 0.05) is 42.3 Å². The van der Waals surface area contributed by atoms with Crippen molar-refractivity contribution in [3.63, 3.8) is 0 Å². The summed E-state index contributed by atoms with van der Waals surface area (Å²) in [6, 6.07) is 0. The second-order valence-electron chi connectivity index (χ2n) is 8.75. The van der Waals surface area contributed by atoms with E-state index in [2.05, 4.69) is 14.7 Å². The zero-order valence-corrected chi connectivity index (χ0v) is 19.9. The molecule has 0 aromatic carbocycles. The molecule has 0 radical (unpaired) electrons. The first-order valence-corrected chi connectivity index (χ1v) is 10.9. The van der Waals surface area contributed by atoms with Crippen molar-refractivity contribution in [2.24, 2.45) is 0 Å². The van der Waals surface area contributed by atoms with Crippen LogP contribution in [0.1, 0.15) is 19.3 Å². The van der Waals surface area contributed by atoms with Gasteiger partial charge in [0.2, 0.25) is 17.7 Å². The van der Waals surface area contributed by atoms with Crippen LogP contribution in [0.2, 0.25) is 0 Å². The van der Waals surface area contributed by atoms with Crippen LogP contribution in [-0.4, -0.2) is 148 Å². The predicted molar refractivity (Wildman–Crippen MR) is 119 cm³/mol. The topological polar surface area (TPSA) is 70.7 Å². The van der Waals surface area contributed by atoms with Crippen LogP contribution in [0, 0.1) is 0 Å². The first-order chi connectivity index (χ1) is 14.1. The predicted octanol–water partition coefficient (Wildman–Crippen LogP) is -0.659. The quantitative estimate of drug-likeness (QED) is 0.562. The Hall–Kier alpha value is -1.71. The fourth-order valence-electron chi connectivity index (χ4n) is 3.36. The molecule has 0 saturated carbocycles. The second-order valence-corrected chi connectivity index (χ2v) is 8.75. The van der Waals surface area contributed by atoms with Gasteiger partial charge in [0.25, 0.3) is 0 Å². The minimum absolute atomic E-state index is 0.0985. The molecular formula is C21H42N6O3. The van der Waals surface area contributed by atoms with Gasteiger partial charge in [-0.15, -0.1) is 0 Å². The average molecular weight is 427 g/mol. The molecule has 0 aromatic heterocycles. The Morgan fingerprint density at radius 1 is 0.500 bits per heavy atom. The Bertz CT molecular complexity index is 465. The smallest absolute Gasteiger partial charge is 0.236 e. The highest BCUT2D eigenvalue weighted by Crippen LogP contribution is 2.05. The van der Waals surface area contributed by atoms with E-state index in [9.17, 15) is 14.4 Å². The van der Waals surface area contributed by atoms with Crippen LogP contribution in [-0.2, 0) is 14.4 Å². The lowest BCUT2D eigenvalue weighted by Gasteiger charge is -2.30. The molecule has 1 rings (SSSR count). The molecule has 1 aliphatic heterocycles. The largest absolute Gasteiger partial charge is 0.348 e. The molecule has 9 nitrogen and oxygen atoms in total. The summed E-state index contributed by atoms with van der Waals surface area (Å²) in [4.78, 5) is 48.1. The third-order valence-electron chi connectivity index (χ3n) is 5.42. The van der Waals surface area contributed by atoms with E-state index in [1.807, 2.05) is 0 Å². The fourth-order valence-corrected chi connectivity index (χ4v) is 3.36. The van der Waals surface area contributed by atoms with Gasteiger partial charge < -0.3 is 14.7 Å². The third kappa shape index (κ3) is 10.4. The maximum atomic E-state index is 12.2. The summed E-state index contributed by atoms with van der Waals surface area (Å²) in [6.45, 7) is 6.14. The molecule has 0 bridgehead atoms. The number of rotatable bonds is 6. The summed E-state index contributed by atoms with van der Waals surface area (Å²) in [5.74, 6) is 0.295. The highest BCUT2D eigenvalue weighted by Gasteiger charge is 2.18. The molecule has 1 fully saturated rings. The van der Waals surface area contributed by atoms with E-state index < -0.39 is 0 Å². The zero-order valence-electron chi connectivity index (χ0n) is 19.9. The van der Waals surface area contributed by atoms with Gasteiger partial charge >= 0.3 is 0 Å². The van der Waals surface area contributed by atoms with Gasteiger partial charge in [-0.05, 0) is 58.5 Å². The van der Waals surface area contributed by atoms with Crippen molar-refractivity contribution >= 4 is 17.7 Å². The van der Waals surface area contributed by atoms with Crippen LogP contribution >= 0.6 is 0 Å². The van der Waals surface area contributed by atoms with Crippen molar-refractivity contribution in [3.05, 3.63) is 0 Å². The van der Waals surface area contributed by atoms with Gasteiger partial charge in [0.1, 0.15) is 0 Å². The van der Waals surface area contributed by atoms with Crippen molar-refractivity contribution in [2.45, 2.75) is 19.3 Å². The number of carbonyl (C=O) groups excluding carboxylic acids is 3. The minimum Gasteiger partial charge on any atom is -0.348 e. The van der Waals surface area contributed by atoms with Crippen LogP contribution in [0.5, 0.6) is 0 Å². The molecule has 0 spiro atoms. The molecule has 0 unspecified atom stereocenters. The van der Waals surface area contributed by atoms with Crippen molar-refractivity contribution in [2.75, 3.05) is 101 Å². The summed E-state index contributed by atoms with van der Waals surface area (Å²) in [7, 11) is 10.7. The molecular weight excluding hydrogens is 384 g/mol. The lowest BCUT2D eigenvalue weighted by atomic mass is 10.2. The van der Waals surface area contributed by atoms with E-state index in [1.165, 1.54) is 0 Å². The van der Waals surface area contributed by atoms with Crippen LogP contribution in [0.4, 0.5) is 0 Å². The molecule has 1 aliphatic rings. The second kappa shape index (κ2) is 13.6. The monoisotopic (exact) mass is 426 g/mol. The Morgan fingerprint density at radius 2 is 0.700 bits per heavy atom. The van der Waals surface area contributed by atoms with Crippen LogP contribution in [0.15, 0.2) is 0 Å². The van der Waals surface area contributed by atoms with E-state index in [0.29, 0.717) is 19.6 Å². The highest BCUT2D eigenvalue weighted by molar-refractivity contribution is 5.78. The molecule has 30 heavy (non-hydrogen) atoms. The molecule has 1 saturated heterocycles.